The van der Waals surface area contributed by atoms with Crippen molar-refractivity contribution in [1.29, 1.82) is 0 Å². The zero-order valence-electron chi connectivity index (χ0n) is 11.6. The Kier molecular flexibility index (Phi) is 3.44. The second-order valence-corrected chi connectivity index (χ2v) is 5.09. The van der Waals surface area contributed by atoms with E-state index in [4.69, 9.17) is 5.73 Å². The summed E-state index contributed by atoms with van der Waals surface area (Å²) in [7, 11) is 2.11. The number of nitrogens with zero attached hydrogens (tertiary/aromatic N) is 1. The lowest BCUT2D eigenvalue weighted by atomic mass is 10.1. The molecule has 3 N–H and O–H groups in total. The zero-order valence-corrected chi connectivity index (χ0v) is 11.6. The maximum absolute atomic E-state index is 5.71. The smallest absolute Gasteiger partial charge is 0.0457 e. The molecule has 3 heteroatoms. The summed E-state index contributed by atoms with van der Waals surface area (Å²) in [6, 6.07) is 16.8. The highest BCUT2D eigenvalue weighted by Gasteiger charge is 2.07. The van der Waals surface area contributed by atoms with Crippen molar-refractivity contribution in [1.82, 2.24) is 4.98 Å². The van der Waals surface area contributed by atoms with Gasteiger partial charge in [-0.25, -0.2) is 0 Å². The molecule has 3 rings (SSSR count). The Morgan fingerprint density at radius 3 is 2.80 bits per heavy atom. The Labute approximate surface area is 119 Å². The molecule has 0 radical (unpaired) electrons. The molecule has 0 amide bonds. The number of aromatic nitrogens is 1. The number of nitrogens with one attached hydrogen (secondary N) is 1. The van der Waals surface area contributed by atoms with Crippen molar-refractivity contribution in [3.8, 4) is 0 Å². The van der Waals surface area contributed by atoms with E-state index in [0.717, 1.165) is 12.1 Å². The van der Waals surface area contributed by atoms with Crippen LogP contribution in [0.3, 0.4) is 0 Å². The Balaban J connectivity index is 1.86. The van der Waals surface area contributed by atoms with E-state index in [-0.39, 0.29) is 0 Å². The summed E-state index contributed by atoms with van der Waals surface area (Å²) in [6.07, 6.45) is 2.09. The number of nitrogens with two attached hydrogens (primary N) is 1. The molecule has 0 unspecified atom stereocenters. The van der Waals surface area contributed by atoms with Gasteiger partial charge in [-0.05, 0) is 29.3 Å². The van der Waals surface area contributed by atoms with Crippen molar-refractivity contribution in [2.75, 3.05) is 11.9 Å². The van der Waals surface area contributed by atoms with E-state index < -0.39 is 0 Å². The monoisotopic (exact) mass is 265 g/mol. The van der Waals surface area contributed by atoms with Gasteiger partial charge in [0.1, 0.15) is 0 Å². The number of rotatable bonds is 4. The Morgan fingerprint density at radius 2 is 1.95 bits per heavy atom. The van der Waals surface area contributed by atoms with E-state index in [1.54, 1.807) is 0 Å². The van der Waals surface area contributed by atoms with Crippen LogP contribution in [0.4, 0.5) is 5.69 Å². The van der Waals surface area contributed by atoms with Gasteiger partial charge in [-0.15, -0.1) is 0 Å². The number of hydrogen-bond donors (Lipinski definition) is 2. The highest BCUT2D eigenvalue weighted by Crippen LogP contribution is 2.22. The molecule has 102 valence electrons. The predicted octanol–water partition coefficient (Wildman–Crippen LogP) is 3.26. The fourth-order valence-electron chi connectivity index (χ4n) is 2.53. The van der Waals surface area contributed by atoms with E-state index in [0.29, 0.717) is 6.54 Å². The van der Waals surface area contributed by atoms with E-state index in [1.165, 1.54) is 22.2 Å². The number of H-pyrrole nitrogens is 1. The zero-order chi connectivity index (χ0) is 13.9. The molecule has 0 aliphatic carbocycles. The maximum atomic E-state index is 5.71. The summed E-state index contributed by atoms with van der Waals surface area (Å²) in [6.45, 7) is 1.45. The third-order valence-corrected chi connectivity index (χ3v) is 3.67. The molecule has 0 aliphatic rings. The van der Waals surface area contributed by atoms with E-state index in [2.05, 4.69) is 71.7 Å². The molecule has 0 spiro atoms. The predicted molar refractivity (Wildman–Crippen MR) is 84.7 cm³/mol. The second kappa shape index (κ2) is 5.39. The second-order valence-electron chi connectivity index (χ2n) is 5.09. The minimum absolute atomic E-state index is 0.578. The van der Waals surface area contributed by atoms with Gasteiger partial charge in [-0.2, -0.15) is 0 Å². The molecule has 0 aliphatic heterocycles. The molecular weight excluding hydrogens is 246 g/mol. The molecule has 2 aromatic carbocycles. The molecule has 0 saturated heterocycles. The van der Waals surface area contributed by atoms with E-state index in [9.17, 15) is 0 Å². The quantitative estimate of drug-likeness (QED) is 0.760. The van der Waals surface area contributed by atoms with Crippen LogP contribution < -0.4 is 10.6 Å². The minimum atomic E-state index is 0.578. The van der Waals surface area contributed by atoms with E-state index >= 15 is 0 Å². The van der Waals surface area contributed by atoms with E-state index in [1.807, 2.05) is 0 Å². The van der Waals surface area contributed by atoms with Crippen LogP contribution >= 0.6 is 0 Å². The lowest BCUT2D eigenvalue weighted by Crippen LogP contribution is -2.16. The van der Waals surface area contributed by atoms with Gasteiger partial charge in [0.25, 0.3) is 0 Å². The molecule has 0 fully saturated rings. The fourth-order valence-corrected chi connectivity index (χ4v) is 2.53. The van der Waals surface area contributed by atoms with Gasteiger partial charge in [0.2, 0.25) is 0 Å². The molecule has 1 aromatic heterocycles. The SMILES string of the molecule is CN(Cc1c[nH]c2ccccc12)c1cccc(CN)c1. The molecular formula is C17H19N3. The molecule has 0 saturated carbocycles. The summed E-state index contributed by atoms with van der Waals surface area (Å²) in [5.74, 6) is 0. The van der Waals surface area contributed by atoms with Crippen molar-refractivity contribution in [3.63, 3.8) is 0 Å². The summed E-state index contributed by atoms with van der Waals surface area (Å²) in [5.41, 5.74) is 10.6. The molecule has 0 atom stereocenters. The third-order valence-electron chi connectivity index (χ3n) is 3.67. The van der Waals surface area contributed by atoms with Crippen molar-refractivity contribution in [3.05, 3.63) is 65.9 Å². The maximum Gasteiger partial charge on any atom is 0.0457 e. The standard InChI is InChI=1S/C17H19N3/c1-20(15-6-4-5-13(9-15)10-18)12-14-11-19-17-8-3-2-7-16(14)17/h2-9,11,19H,10,12,18H2,1H3. The van der Waals surface area contributed by atoms with Crippen LogP contribution in [0.15, 0.2) is 54.7 Å². The highest BCUT2D eigenvalue weighted by molar-refractivity contribution is 5.83. The molecule has 0 bridgehead atoms. The van der Waals surface area contributed by atoms with Crippen molar-refractivity contribution in [2.24, 2.45) is 5.73 Å². The van der Waals surface area contributed by atoms with Crippen LogP contribution in [0.5, 0.6) is 0 Å². The van der Waals surface area contributed by atoms with Gasteiger partial charge in [-0.1, -0.05) is 30.3 Å². The molecule has 20 heavy (non-hydrogen) atoms. The Morgan fingerprint density at radius 1 is 1.10 bits per heavy atom. The third kappa shape index (κ3) is 2.40. The first-order chi connectivity index (χ1) is 9.78. The van der Waals surface area contributed by atoms with Crippen LogP contribution in [-0.2, 0) is 13.1 Å². The number of aromatic amines is 1. The van der Waals surface area contributed by atoms with Crippen LogP contribution in [0.1, 0.15) is 11.1 Å². The normalized spacial score (nSPS) is 10.9. The van der Waals surface area contributed by atoms with Crippen LogP contribution in [0.2, 0.25) is 0 Å². The van der Waals surface area contributed by atoms with Crippen LogP contribution in [-0.4, -0.2) is 12.0 Å². The first kappa shape index (κ1) is 12.8. The fraction of sp³-hybridized carbons (Fsp3) is 0.176. The molecule has 3 nitrogen and oxygen atoms in total. The number of fused-ring (bicyclic) bond motifs is 1. The lowest BCUT2D eigenvalue weighted by Gasteiger charge is -2.19. The number of anilines is 1. The van der Waals surface area contributed by atoms with Crippen molar-refractivity contribution < 1.29 is 0 Å². The van der Waals surface area contributed by atoms with Crippen LogP contribution in [0.25, 0.3) is 10.9 Å². The number of para-hydroxylation sites is 1. The number of benzene rings is 2. The lowest BCUT2D eigenvalue weighted by molar-refractivity contribution is 0.925. The average Bonchev–Trinajstić information content (AvgIpc) is 2.90. The number of hydrogen-bond acceptors (Lipinski definition) is 2. The van der Waals surface area contributed by atoms with Gasteiger partial charge in [-0.3, -0.25) is 0 Å². The van der Waals surface area contributed by atoms with Crippen molar-refractivity contribution in [2.45, 2.75) is 13.1 Å². The Hall–Kier alpha value is -2.26. The topological polar surface area (TPSA) is 45.0 Å². The van der Waals surface area contributed by atoms with Gasteiger partial charge in [0, 0.05) is 42.9 Å². The van der Waals surface area contributed by atoms with Gasteiger partial charge in [0.05, 0.1) is 0 Å². The van der Waals surface area contributed by atoms with Gasteiger partial charge in [0.15, 0.2) is 0 Å². The van der Waals surface area contributed by atoms with Gasteiger partial charge >= 0.3 is 0 Å². The summed E-state index contributed by atoms with van der Waals surface area (Å²) in [5, 5.41) is 1.29. The molecule has 3 aromatic rings. The van der Waals surface area contributed by atoms with Gasteiger partial charge < -0.3 is 15.6 Å². The average molecular weight is 265 g/mol. The summed E-state index contributed by atoms with van der Waals surface area (Å²) >= 11 is 0. The first-order valence-electron chi connectivity index (χ1n) is 6.83. The first-order valence-corrected chi connectivity index (χ1v) is 6.83. The minimum Gasteiger partial charge on any atom is -0.370 e. The summed E-state index contributed by atoms with van der Waals surface area (Å²) in [4.78, 5) is 5.57. The summed E-state index contributed by atoms with van der Waals surface area (Å²) < 4.78 is 0. The van der Waals surface area contributed by atoms with Crippen LogP contribution in [0, 0.1) is 0 Å². The Bertz CT molecular complexity index is 715. The highest BCUT2D eigenvalue weighted by atomic mass is 15.1. The van der Waals surface area contributed by atoms with Crippen molar-refractivity contribution >= 4 is 16.6 Å². The molecule has 1 heterocycles. The largest absolute Gasteiger partial charge is 0.370 e.